The first-order valence-electron chi connectivity index (χ1n) is 4.79. The Morgan fingerprint density at radius 2 is 2.00 bits per heavy atom. The Morgan fingerprint density at radius 3 is 2.60 bits per heavy atom. The topological polar surface area (TPSA) is 66.8 Å². The maximum Gasteiger partial charge on any atom is 0.345 e. The molecule has 1 aliphatic heterocycles. The lowest BCUT2D eigenvalue weighted by Gasteiger charge is -2.34. The Balaban J connectivity index is 2.43. The van der Waals surface area contributed by atoms with Crippen LogP contribution in [-0.2, 0) is 15.1 Å². The molecular weight excluding hydrogens is 196 g/mol. The summed E-state index contributed by atoms with van der Waals surface area (Å²) in [6.07, 6.45) is -0.863. The summed E-state index contributed by atoms with van der Waals surface area (Å²) in [5.41, 5.74) is -1.55. The Bertz CT molecular complexity index is 362. The van der Waals surface area contributed by atoms with Gasteiger partial charge >= 0.3 is 5.97 Å². The quantitative estimate of drug-likeness (QED) is 0.646. The van der Waals surface area contributed by atoms with E-state index in [2.05, 4.69) is 0 Å². The van der Waals surface area contributed by atoms with Gasteiger partial charge in [0.05, 0.1) is 6.61 Å². The highest BCUT2D eigenvalue weighted by Crippen LogP contribution is 2.31. The molecule has 1 aliphatic rings. The fourth-order valence-electron chi connectivity index (χ4n) is 1.72. The molecule has 4 heteroatoms. The minimum Gasteiger partial charge on any atom is -0.463 e. The van der Waals surface area contributed by atoms with Gasteiger partial charge in [0.2, 0.25) is 5.60 Å². The van der Waals surface area contributed by atoms with Gasteiger partial charge in [-0.15, -0.1) is 0 Å². The predicted molar refractivity (Wildman–Crippen MR) is 51.9 cm³/mol. The molecule has 2 N–H and O–H groups in total. The maximum absolute atomic E-state index is 11.5. The van der Waals surface area contributed by atoms with Gasteiger partial charge in [-0.2, -0.15) is 0 Å². The number of hydrogen-bond donors (Lipinski definition) is 2. The third kappa shape index (κ3) is 1.52. The number of aliphatic hydroxyl groups excluding tert-OH is 1. The number of ether oxygens (including phenoxy) is 1. The number of aliphatic hydroxyl groups is 2. The minimum atomic E-state index is -1.92. The molecule has 1 saturated heterocycles. The van der Waals surface area contributed by atoms with Gasteiger partial charge in [-0.1, -0.05) is 30.3 Å². The lowest BCUT2D eigenvalue weighted by atomic mass is 9.85. The number of rotatable bonds is 1. The van der Waals surface area contributed by atoms with E-state index in [0.717, 1.165) is 0 Å². The summed E-state index contributed by atoms with van der Waals surface area (Å²) in [5, 5.41) is 19.9. The number of carbonyl (C=O) groups excluding carboxylic acids is 1. The molecule has 0 bridgehead atoms. The number of cyclic esters (lactones) is 1. The molecule has 15 heavy (non-hydrogen) atoms. The van der Waals surface area contributed by atoms with Crippen molar-refractivity contribution in [3.8, 4) is 0 Å². The maximum atomic E-state index is 11.5. The summed E-state index contributed by atoms with van der Waals surface area (Å²) >= 11 is 0. The van der Waals surface area contributed by atoms with Crippen molar-refractivity contribution in [1.29, 1.82) is 0 Å². The van der Waals surface area contributed by atoms with Crippen LogP contribution in [0.5, 0.6) is 0 Å². The summed E-state index contributed by atoms with van der Waals surface area (Å²) in [6, 6.07) is 8.35. The molecule has 1 aromatic rings. The van der Waals surface area contributed by atoms with Crippen LogP contribution < -0.4 is 0 Å². The second-order valence-corrected chi connectivity index (χ2v) is 3.57. The molecule has 0 aromatic heterocycles. The molecule has 2 atom stereocenters. The third-order valence-electron chi connectivity index (χ3n) is 2.63. The van der Waals surface area contributed by atoms with Crippen LogP contribution in [-0.4, -0.2) is 28.9 Å². The standard InChI is InChI=1S/C11H12O4/c12-9-6-7-15-10(13)11(9,14)8-4-2-1-3-5-8/h1-5,9,12,14H,6-7H2. The SMILES string of the molecule is O=C1OCCC(O)C1(O)c1ccccc1. The Labute approximate surface area is 87.1 Å². The molecule has 0 radical (unpaired) electrons. The number of benzene rings is 1. The molecule has 80 valence electrons. The second-order valence-electron chi connectivity index (χ2n) is 3.57. The van der Waals surface area contributed by atoms with Crippen molar-refractivity contribution in [3.63, 3.8) is 0 Å². The van der Waals surface area contributed by atoms with Gasteiger partial charge in [-0.3, -0.25) is 0 Å². The fraction of sp³-hybridized carbons (Fsp3) is 0.364. The number of esters is 1. The van der Waals surface area contributed by atoms with E-state index in [1.165, 1.54) is 0 Å². The van der Waals surface area contributed by atoms with Crippen LogP contribution in [0.4, 0.5) is 0 Å². The first-order valence-corrected chi connectivity index (χ1v) is 4.79. The summed E-state index contributed by atoms with van der Waals surface area (Å²) in [7, 11) is 0. The molecule has 0 spiro atoms. The van der Waals surface area contributed by atoms with E-state index >= 15 is 0 Å². The minimum absolute atomic E-state index is 0.148. The van der Waals surface area contributed by atoms with Crippen molar-refractivity contribution in [2.45, 2.75) is 18.1 Å². The molecule has 2 unspecified atom stereocenters. The largest absolute Gasteiger partial charge is 0.463 e. The van der Waals surface area contributed by atoms with Crippen LogP contribution in [0, 0.1) is 0 Å². The molecule has 0 saturated carbocycles. The van der Waals surface area contributed by atoms with Gasteiger partial charge in [-0.25, -0.2) is 4.79 Å². The van der Waals surface area contributed by atoms with Gasteiger partial charge in [0, 0.05) is 6.42 Å². The van der Waals surface area contributed by atoms with Crippen LogP contribution in [0.2, 0.25) is 0 Å². The average molecular weight is 208 g/mol. The third-order valence-corrected chi connectivity index (χ3v) is 2.63. The van der Waals surface area contributed by atoms with Crippen LogP contribution in [0.3, 0.4) is 0 Å². The van der Waals surface area contributed by atoms with E-state index in [0.29, 0.717) is 5.56 Å². The molecule has 2 rings (SSSR count). The van der Waals surface area contributed by atoms with Crippen molar-refractivity contribution in [2.24, 2.45) is 0 Å². The lowest BCUT2D eigenvalue weighted by molar-refractivity contribution is -0.194. The zero-order chi connectivity index (χ0) is 10.9. The normalized spacial score (nSPS) is 31.1. The van der Waals surface area contributed by atoms with E-state index in [1.807, 2.05) is 0 Å². The van der Waals surface area contributed by atoms with E-state index in [1.54, 1.807) is 30.3 Å². The summed E-state index contributed by atoms with van der Waals surface area (Å²) in [5.74, 6) is -0.785. The molecule has 0 amide bonds. The molecule has 4 nitrogen and oxygen atoms in total. The molecule has 1 fully saturated rings. The highest BCUT2D eigenvalue weighted by atomic mass is 16.6. The molecule has 1 heterocycles. The Morgan fingerprint density at radius 1 is 1.33 bits per heavy atom. The highest BCUT2D eigenvalue weighted by Gasteiger charge is 2.49. The van der Waals surface area contributed by atoms with E-state index in [-0.39, 0.29) is 13.0 Å². The van der Waals surface area contributed by atoms with Gasteiger partial charge in [0.1, 0.15) is 6.10 Å². The molecule has 0 aliphatic carbocycles. The highest BCUT2D eigenvalue weighted by molar-refractivity contribution is 5.82. The summed E-state index contributed by atoms with van der Waals surface area (Å²) in [4.78, 5) is 11.5. The summed E-state index contributed by atoms with van der Waals surface area (Å²) < 4.78 is 4.77. The Kier molecular flexibility index (Phi) is 2.46. The average Bonchev–Trinajstić information content (AvgIpc) is 2.27. The lowest BCUT2D eigenvalue weighted by Crippen LogP contribution is -2.51. The van der Waals surface area contributed by atoms with Crippen LogP contribution >= 0.6 is 0 Å². The van der Waals surface area contributed by atoms with E-state index < -0.39 is 17.7 Å². The predicted octanol–water partition coefficient (Wildman–Crippen LogP) is 0.182. The molecule has 1 aromatic carbocycles. The Hall–Kier alpha value is -1.39. The van der Waals surface area contributed by atoms with E-state index in [4.69, 9.17) is 4.74 Å². The summed E-state index contributed by atoms with van der Waals surface area (Å²) in [6.45, 7) is 0.148. The number of hydrogen-bond acceptors (Lipinski definition) is 4. The van der Waals surface area contributed by atoms with Crippen molar-refractivity contribution in [2.75, 3.05) is 6.61 Å². The van der Waals surface area contributed by atoms with Gasteiger partial charge in [0.25, 0.3) is 0 Å². The second kappa shape index (κ2) is 3.64. The monoisotopic (exact) mass is 208 g/mol. The number of carbonyl (C=O) groups is 1. The molecular formula is C11H12O4. The van der Waals surface area contributed by atoms with Crippen LogP contribution in [0.25, 0.3) is 0 Å². The van der Waals surface area contributed by atoms with E-state index in [9.17, 15) is 15.0 Å². The smallest absolute Gasteiger partial charge is 0.345 e. The first kappa shape index (κ1) is 10.1. The first-order chi connectivity index (χ1) is 7.15. The van der Waals surface area contributed by atoms with Gasteiger partial charge in [-0.05, 0) is 5.56 Å². The van der Waals surface area contributed by atoms with Gasteiger partial charge in [0.15, 0.2) is 0 Å². The van der Waals surface area contributed by atoms with Gasteiger partial charge < -0.3 is 14.9 Å². The van der Waals surface area contributed by atoms with Crippen molar-refractivity contribution in [3.05, 3.63) is 35.9 Å². The zero-order valence-corrected chi connectivity index (χ0v) is 8.09. The van der Waals surface area contributed by atoms with Crippen molar-refractivity contribution >= 4 is 5.97 Å². The van der Waals surface area contributed by atoms with Crippen molar-refractivity contribution < 1.29 is 19.7 Å². The van der Waals surface area contributed by atoms with Crippen molar-refractivity contribution in [1.82, 2.24) is 0 Å². The fourth-order valence-corrected chi connectivity index (χ4v) is 1.72. The zero-order valence-electron chi connectivity index (χ0n) is 8.09. The van der Waals surface area contributed by atoms with Crippen LogP contribution in [0.15, 0.2) is 30.3 Å². The van der Waals surface area contributed by atoms with Crippen LogP contribution in [0.1, 0.15) is 12.0 Å².